The maximum Gasteiger partial charge on any atom is 0.306 e. The minimum Gasteiger partial charge on any atom is -0.462 e. The highest BCUT2D eigenvalue weighted by atomic mass is 16.6. The predicted octanol–water partition coefficient (Wildman–Crippen LogP) is 9.50. The summed E-state index contributed by atoms with van der Waals surface area (Å²) in [7, 11) is 0. The van der Waals surface area contributed by atoms with E-state index in [4.69, 9.17) is 9.47 Å². The molecule has 0 aromatic heterocycles. The Hall–Kier alpha value is -2.14. The molecule has 1 unspecified atom stereocenters. The van der Waals surface area contributed by atoms with E-state index in [0.717, 1.165) is 70.6 Å². The molecule has 0 heterocycles. The number of carbonyl (C=O) groups is 2. The van der Waals surface area contributed by atoms with Crippen LogP contribution in [-0.4, -0.2) is 36.4 Å². The average molecular weight is 561 g/mol. The van der Waals surface area contributed by atoms with Gasteiger partial charge in [-0.05, 0) is 57.8 Å². The summed E-state index contributed by atoms with van der Waals surface area (Å²) in [5, 5.41) is 9.48. The van der Waals surface area contributed by atoms with Gasteiger partial charge in [-0.25, -0.2) is 0 Å². The lowest BCUT2D eigenvalue weighted by Gasteiger charge is -2.15. The molecule has 0 amide bonds. The highest BCUT2D eigenvalue weighted by Crippen LogP contribution is 2.11. The van der Waals surface area contributed by atoms with Crippen molar-refractivity contribution in [1.29, 1.82) is 0 Å². The number of allylic oxidation sites excluding steroid dienone is 8. The monoisotopic (exact) mass is 560 g/mol. The minimum absolute atomic E-state index is 0.0838. The summed E-state index contributed by atoms with van der Waals surface area (Å²) >= 11 is 0. The van der Waals surface area contributed by atoms with Gasteiger partial charge in [0, 0.05) is 12.8 Å². The van der Waals surface area contributed by atoms with Crippen molar-refractivity contribution >= 4 is 11.9 Å². The molecule has 40 heavy (non-hydrogen) atoms. The number of aliphatic hydroxyl groups is 1. The van der Waals surface area contributed by atoms with Crippen LogP contribution in [0.1, 0.15) is 142 Å². The molecule has 0 bridgehead atoms. The van der Waals surface area contributed by atoms with Crippen molar-refractivity contribution in [1.82, 2.24) is 0 Å². The lowest BCUT2D eigenvalue weighted by atomic mass is 10.1. The molecular weight excluding hydrogens is 500 g/mol. The van der Waals surface area contributed by atoms with E-state index in [0.29, 0.717) is 12.8 Å². The molecule has 1 atom stereocenters. The Morgan fingerprint density at radius 2 is 1.10 bits per heavy atom. The van der Waals surface area contributed by atoms with Crippen LogP contribution in [0, 0.1) is 0 Å². The van der Waals surface area contributed by atoms with Gasteiger partial charge in [-0.3, -0.25) is 9.59 Å². The zero-order chi connectivity index (χ0) is 29.4. The number of hydrogen-bond donors (Lipinski definition) is 1. The van der Waals surface area contributed by atoms with Gasteiger partial charge in [-0.1, -0.05) is 120 Å². The molecule has 1 N–H and O–H groups in total. The molecule has 0 radical (unpaired) electrons. The Balaban J connectivity index is 3.67. The van der Waals surface area contributed by atoms with Gasteiger partial charge >= 0.3 is 11.9 Å². The van der Waals surface area contributed by atoms with Crippen molar-refractivity contribution in [2.75, 3.05) is 13.2 Å². The molecule has 0 aliphatic rings. The normalized spacial score (nSPS) is 12.8. The van der Waals surface area contributed by atoms with E-state index < -0.39 is 6.10 Å². The van der Waals surface area contributed by atoms with Gasteiger partial charge in [-0.15, -0.1) is 0 Å². The predicted molar refractivity (Wildman–Crippen MR) is 168 cm³/mol. The molecule has 230 valence electrons. The summed E-state index contributed by atoms with van der Waals surface area (Å²) in [4.78, 5) is 24.1. The Bertz CT molecular complexity index is 692. The van der Waals surface area contributed by atoms with E-state index in [-0.39, 0.29) is 25.2 Å². The molecule has 0 spiro atoms. The van der Waals surface area contributed by atoms with Crippen molar-refractivity contribution in [3.05, 3.63) is 48.6 Å². The van der Waals surface area contributed by atoms with Crippen LogP contribution in [0.4, 0.5) is 0 Å². The van der Waals surface area contributed by atoms with Gasteiger partial charge in [-0.2, -0.15) is 0 Å². The van der Waals surface area contributed by atoms with Crippen molar-refractivity contribution in [2.45, 2.75) is 148 Å². The molecule has 0 fully saturated rings. The number of ether oxygens (including phenoxy) is 2. The summed E-state index contributed by atoms with van der Waals surface area (Å²) < 4.78 is 10.5. The average Bonchev–Trinajstić information content (AvgIpc) is 2.96. The molecule has 5 nitrogen and oxygen atoms in total. The standard InChI is InChI=1S/C35H60O5/c1-3-5-7-9-11-13-15-17-19-21-23-25-27-29-34(37)39-32-33(31-36)40-35(38)30-28-26-24-22-20-18-16-14-12-10-8-6-4-2/h5,7,9,11,13,15,18,20,33,36H,3-4,6,8,10,12,14,16-17,19,21-32H2,1-2H3/b7-5+,11-9+,15-13+,20-18+. The minimum atomic E-state index is -0.785. The molecule has 0 saturated carbocycles. The zero-order valence-electron chi connectivity index (χ0n) is 25.8. The molecular formula is C35H60O5. The van der Waals surface area contributed by atoms with Crippen molar-refractivity contribution in [3.8, 4) is 0 Å². The van der Waals surface area contributed by atoms with Crippen LogP contribution in [-0.2, 0) is 19.1 Å². The third-order valence-electron chi connectivity index (χ3n) is 6.67. The molecule has 0 rings (SSSR count). The third kappa shape index (κ3) is 28.9. The van der Waals surface area contributed by atoms with E-state index in [1.165, 1.54) is 44.9 Å². The van der Waals surface area contributed by atoms with Crippen LogP contribution in [0.3, 0.4) is 0 Å². The SMILES string of the molecule is CC/C=C/C=C/C=C/CCCCCCCC(=O)OCC(CO)OC(=O)CCCCC/C=C/CCCCCCCC. The lowest BCUT2D eigenvalue weighted by molar-refractivity contribution is -0.161. The van der Waals surface area contributed by atoms with Crippen LogP contribution < -0.4 is 0 Å². The quantitative estimate of drug-likeness (QED) is 0.0446. The zero-order valence-corrected chi connectivity index (χ0v) is 25.8. The fourth-order valence-electron chi connectivity index (χ4n) is 4.19. The second-order valence-corrected chi connectivity index (χ2v) is 10.6. The topological polar surface area (TPSA) is 72.8 Å². The number of esters is 2. The van der Waals surface area contributed by atoms with E-state index in [1.807, 2.05) is 6.08 Å². The molecule has 5 heteroatoms. The van der Waals surface area contributed by atoms with Gasteiger partial charge in [0.1, 0.15) is 6.61 Å². The number of aliphatic hydroxyl groups excluding tert-OH is 1. The summed E-state index contributed by atoms with van der Waals surface area (Å²) in [6.45, 7) is 3.94. The Kier molecular flexibility index (Phi) is 29.7. The molecule has 0 saturated heterocycles. The van der Waals surface area contributed by atoms with Crippen LogP contribution in [0.2, 0.25) is 0 Å². The van der Waals surface area contributed by atoms with Crippen LogP contribution >= 0.6 is 0 Å². The number of hydrogen-bond acceptors (Lipinski definition) is 5. The maximum atomic E-state index is 12.1. The Morgan fingerprint density at radius 3 is 1.70 bits per heavy atom. The third-order valence-corrected chi connectivity index (χ3v) is 6.67. The highest BCUT2D eigenvalue weighted by Gasteiger charge is 2.16. The van der Waals surface area contributed by atoms with Crippen LogP contribution in [0.5, 0.6) is 0 Å². The maximum absolute atomic E-state index is 12.1. The second kappa shape index (κ2) is 31.4. The van der Waals surface area contributed by atoms with Gasteiger partial charge in [0.25, 0.3) is 0 Å². The van der Waals surface area contributed by atoms with Gasteiger partial charge in [0.05, 0.1) is 6.61 Å². The largest absolute Gasteiger partial charge is 0.462 e. The number of carbonyl (C=O) groups excluding carboxylic acids is 2. The van der Waals surface area contributed by atoms with Crippen molar-refractivity contribution < 1.29 is 24.2 Å². The van der Waals surface area contributed by atoms with Crippen molar-refractivity contribution in [2.24, 2.45) is 0 Å². The first-order valence-electron chi connectivity index (χ1n) is 16.2. The highest BCUT2D eigenvalue weighted by molar-refractivity contribution is 5.70. The summed E-state index contributed by atoms with van der Waals surface area (Å²) in [5.74, 6) is -0.640. The fourth-order valence-corrected chi connectivity index (χ4v) is 4.19. The van der Waals surface area contributed by atoms with E-state index in [9.17, 15) is 14.7 Å². The Labute approximate surface area is 246 Å². The summed E-state index contributed by atoms with van der Waals surface area (Å²) in [6, 6.07) is 0. The Morgan fingerprint density at radius 1 is 0.600 bits per heavy atom. The van der Waals surface area contributed by atoms with Crippen LogP contribution in [0.15, 0.2) is 48.6 Å². The second-order valence-electron chi connectivity index (χ2n) is 10.6. The van der Waals surface area contributed by atoms with E-state index in [2.05, 4.69) is 56.4 Å². The number of rotatable bonds is 28. The molecule has 0 aromatic rings. The first-order valence-corrected chi connectivity index (χ1v) is 16.2. The number of unbranched alkanes of at least 4 members (excludes halogenated alkanes) is 14. The summed E-state index contributed by atoms with van der Waals surface area (Å²) in [5.41, 5.74) is 0. The first-order chi connectivity index (χ1) is 19.6. The molecule has 0 aliphatic heterocycles. The van der Waals surface area contributed by atoms with Crippen molar-refractivity contribution in [3.63, 3.8) is 0 Å². The van der Waals surface area contributed by atoms with Gasteiger partial charge < -0.3 is 14.6 Å². The summed E-state index contributed by atoms with van der Waals surface area (Å²) in [6.07, 6.45) is 37.3. The van der Waals surface area contributed by atoms with Gasteiger partial charge in [0.2, 0.25) is 0 Å². The fraction of sp³-hybridized carbons (Fsp3) is 0.714. The van der Waals surface area contributed by atoms with E-state index >= 15 is 0 Å². The van der Waals surface area contributed by atoms with E-state index in [1.54, 1.807) is 0 Å². The lowest BCUT2D eigenvalue weighted by Crippen LogP contribution is -2.28. The van der Waals surface area contributed by atoms with Gasteiger partial charge in [0.15, 0.2) is 6.10 Å². The smallest absolute Gasteiger partial charge is 0.306 e. The van der Waals surface area contributed by atoms with Crippen LogP contribution in [0.25, 0.3) is 0 Å². The first kappa shape index (κ1) is 37.9. The molecule has 0 aromatic carbocycles. The molecule has 0 aliphatic carbocycles.